The van der Waals surface area contributed by atoms with Crippen molar-refractivity contribution in [3.8, 4) is 0 Å². The number of rotatable bonds is 5. The van der Waals surface area contributed by atoms with E-state index < -0.39 is 0 Å². The standard InChI is InChI=1S/C10H13N3O3/c1-8(14)12-10-4-2-9(3-5-10)11-6-7-13(15)16/h2-5,11H,6-7H2,1H3,(H,12,14). The van der Waals surface area contributed by atoms with Crippen molar-refractivity contribution in [1.82, 2.24) is 0 Å². The smallest absolute Gasteiger partial charge is 0.221 e. The first-order chi connectivity index (χ1) is 7.58. The van der Waals surface area contributed by atoms with E-state index in [-0.39, 0.29) is 23.9 Å². The van der Waals surface area contributed by atoms with Gasteiger partial charge in [0, 0.05) is 23.2 Å². The van der Waals surface area contributed by atoms with Crippen molar-refractivity contribution in [3.05, 3.63) is 34.4 Å². The Morgan fingerprint density at radius 3 is 2.38 bits per heavy atom. The van der Waals surface area contributed by atoms with Crippen molar-refractivity contribution in [2.75, 3.05) is 23.7 Å². The zero-order valence-electron chi connectivity index (χ0n) is 8.90. The van der Waals surface area contributed by atoms with E-state index in [2.05, 4.69) is 10.6 Å². The number of hydrogen-bond acceptors (Lipinski definition) is 4. The fourth-order valence-corrected chi connectivity index (χ4v) is 1.17. The molecule has 6 nitrogen and oxygen atoms in total. The summed E-state index contributed by atoms with van der Waals surface area (Å²) in [5.41, 5.74) is 1.49. The highest BCUT2D eigenvalue weighted by Gasteiger charge is 1.98. The third kappa shape index (κ3) is 4.41. The first kappa shape index (κ1) is 12.0. The second kappa shape index (κ2) is 5.69. The molecule has 0 aliphatic heterocycles. The van der Waals surface area contributed by atoms with Gasteiger partial charge in [-0.15, -0.1) is 0 Å². The van der Waals surface area contributed by atoms with E-state index in [4.69, 9.17) is 0 Å². The number of carbonyl (C=O) groups is 1. The minimum absolute atomic E-state index is 0.118. The first-order valence-electron chi connectivity index (χ1n) is 4.81. The quantitative estimate of drug-likeness (QED) is 0.582. The molecular weight excluding hydrogens is 210 g/mol. The molecule has 6 heteroatoms. The lowest BCUT2D eigenvalue weighted by Gasteiger charge is -2.05. The van der Waals surface area contributed by atoms with E-state index in [1.807, 2.05) is 0 Å². The summed E-state index contributed by atoms with van der Waals surface area (Å²) in [6, 6.07) is 6.97. The Balaban J connectivity index is 2.45. The van der Waals surface area contributed by atoms with Crippen LogP contribution < -0.4 is 10.6 Å². The van der Waals surface area contributed by atoms with Crippen LogP contribution in [0, 0.1) is 10.1 Å². The minimum atomic E-state index is -0.376. The van der Waals surface area contributed by atoms with Gasteiger partial charge in [-0.1, -0.05) is 0 Å². The molecule has 0 saturated heterocycles. The average molecular weight is 223 g/mol. The van der Waals surface area contributed by atoms with Gasteiger partial charge < -0.3 is 10.6 Å². The fourth-order valence-electron chi connectivity index (χ4n) is 1.17. The maximum Gasteiger partial charge on any atom is 0.221 e. The van der Waals surface area contributed by atoms with Crippen molar-refractivity contribution in [2.24, 2.45) is 0 Å². The van der Waals surface area contributed by atoms with E-state index in [1.165, 1.54) is 6.92 Å². The van der Waals surface area contributed by atoms with Gasteiger partial charge in [0.25, 0.3) is 0 Å². The SMILES string of the molecule is CC(=O)Nc1ccc(NCC[N+](=O)[O-])cc1. The molecule has 0 aliphatic carbocycles. The molecule has 0 heterocycles. The van der Waals surface area contributed by atoms with Crippen molar-refractivity contribution >= 4 is 17.3 Å². The summed E-state index contributed by atoms with van der Waals surface area (Å²) in [7, 11) is 0. The molecule has 0 fully saturated rings. The molecule has 0 bridgehead atoms. The van der Waals surface area contributed by atoms with Gasteiger partial charge in [0.1, 0.15) is 0 Å². The van der Waals surface area contributed by atoms with Crippen molar-refractivity contribution in [3.63, 3.8) is 0 Å². The van der Waals surface area contributed by atoms with Crippen molar-refractivity contribution in [1.29, 1.82) is 0 Å². The third-order valence-electron chi connectivity index (χ3n) is 1.83. The Morgan fingerprint density at radius 1 is 1.31 bits per heavy atom. The number of amides is 1. The average Bonchev–Trinajstić information content (AvgIpc) is 2.19. The molecule has 16 heavy (non-hydrogen) atoms. The van der Waals surface area contributed by atoms with E-state index in [9.17, 15) is 14.9 Å². The Bertz CT molecular complexity index is 375. The number of nitrogens with one attached hydrogen (secondary N) is 2. The molecule has 1 amide bonds. The number of hydrogen-bond donors (Lipinski definition) is 2. The Kier molecular flexibility index (Phi) is 4.26. The Labute approximate surface area is 92.8 Å². The molecule has 1 aromatic rings. The van der Waals surface area contributed by atoms with E-state index >= 15 is 0 Å². The zero-order valence-corrected chi connectivity index (χ0v) is 8.90. The molecule has 1 aromatic carbocycles. The number of nitro groups is 1. The molecule has 0 aromatic heterocycles. The zero-order chi connectivity index (χ0) is 12.0. The maximum atomic E-state index is 10.7. The van der Waals surface area contributed by atoms with Crippen LogP contribution in [0.2, 0.25) is 0 Å². The molecule has 1 rings (SSSR count). The van der Waals surface area contributed by atoms with Crippen LogP contribution in [-0.2, 0) is 4.79 Å². The largest absolute Gasteiger partial charge is 0.378 e. The predicted molar refractivity (Wildman–Crippen MR) is 61.1 cm³/mol. The van der Waals surface area contributed by atoms with E-state index in [1.54, 1.807) is 24.3 Å². The summed E-state index contributed by atoms with van der Waals surface area (Å²) < 4.78 is 0. The van der Waals surface area contributed by atoms with Crippen LogP contribution in [0.15, 0.2) is 24.3 Å². The van der Waals surface area contributed by atoms with Crippen LogP contribution in [0.5, 0.6) is 0 Å². The lowest BCUT2D eigenvalue weighted by Crippen LogP contribution is -2.13. The van der Waals surface area contributed by atoms with Gasteiger partial charge >= 0.3 is 0 Å². The number of benzene rings is 1. The van der Waals surface area contributed by atoms with Crippen LogP contribution in [0.3, 0.4) is 0 Å². The van der Waals surface area contributed by atoms with Crippen LogP contribution in [0.25, 0.3) is 0 Å². The fraction of sp³-hybridized carbons (Fsp3) is 0.300. The summed E-state index contributed by atoms with van der Waals surface area (Å²) in [5.74, 6) is -0.130. The monoisotopic (exact) mass is 223 g/mol. The van der Waals surface area contributed by atoms with Crippen LogP contribution in [0.1, 0.15) is 6.92 Å². The van der Waals surface area contributed by atoms with Gasteiger partial charge in [-0.25, -0.2) is 0 Å². The second-order valence-electron chi connectivity index (χ2n) is 3.24. The van der Waals surface area contributed by atoms with Gasteiger partial charge in [-0.05, 0) is 24.3 Å². The Hall–Kier alpha value is -2.11. The van der Waals surface area contributed by atoms with Gasteiger partial charge in [-0.2, -0.15) is 0 Å². The third-order valence-corrected chi connectivity index (χ3v) is 1.83. The molecule has 0 unspecified atom stereocenters. The summed E-state index contributed by atoms with van der Waals surface area (Å²) in [5, 5.41) is 15.6. The molecule has 0 atom stereocenters. The molecule has 86 valence electrons. The molecule has 0 aliphatic rings. The summed E-state index contributed by atoms with van der Waals surface area (Å²) in [6.07, 6.45) is 0. The number of nitrogens with zero attached hydrogens (tertiary/aromatic N) is 1. The van der Waals surface area contributed by atoms with Crippen molar-refractivity contribution in [2.45, 2.75) is 6.92 Å². The molecule has 0 radical (unpaired) electrons. The van der Waals surface area contributed by atoms with Crippen LogP contribution in [-0.4, -0.2) is 23.9 Å². The van der Waals surface area contributed by atoms with Crippen LogP contribution in [0.4, 0.5) is 11.4 Å². The van der Waals surface area contributed by atoms with Gasteiger partial charge in [0.2, 0.25) is 12.5 Å². The normalized spacial score (nSPS) is 9.56. The first-order valence-corrected chi connectivity index (χ1v) is 4.81. The van der Waals surface area contributed by atoms with E-state index in [0.29, 0.717) is 5.69 Å². The van der Waals surface area contributed by atoms with Crippen molar-refractivity contribution < 1.29 is 9.72 Å². The lowest BCUT2D eigenvalue weighted by molar-refractivity contribution is -0.476. The summed E-state index contributed by atoms with van der Waals surface area (Å²) in [4.78, 5) is 20.5. The van der Waals surface area contributed by atoms with Gasteiger partial charge in [0.15, 0.2) is 0 Å². The highest BCUT2D eigenvalue weighted by Crippen LogP contribution is 2.12. The molecule has 2 N–H and O–H groups in total. The van der Waals surface area contributed by atoms with E-state index in [0.717, 1.165) is 5.69 Å². The second-order valence-corrected chi connectivity index (χ2v) is 3.24. The summed E-state index contributed by atoms with van der Waals surface area (Å²) in [6.45, 7) is 1.60. The van der Waals surface area contributed by atoms with Gasteiger partial charge in [-0.3, -0.25) is 14.9 Å². The predicted octanol–water partition coefficient (Wildman–Crippen LogP) is 1.33. The van der Waals surface area contributed by atoms with Gasteiger partial charge in [0.05, 0.1) is 6.54 Å². The topological polar surface area (TPSA) is 84.3 Å². The molecule has 0 saturated carbocycles. The number of carbonyl (C=O) groups excluding carboxylic acids is 1. The molecular formula is C10H13N3O3. The molecule has 0 spiro atoms. The Morgan fingerprint density at radius 2 is 1.88 bits per heavy atom. The maximum absolute atomic E-state index is 10.7. The minimum Gasteiger partial charge on any atom is -0.378 e. The van der Waals surface area contributed by atoms with Crippen LogP contribution >= 0.6 is 0 Å². The highest BCUT2D eigenvalue weighted by atomic mass is 16.6. The highest BCUT2D eigenvalue weighted by molar-refractivity contribution is 5.88. The lowest BCUT2D eigenvalue weighted by atomic mass is 10.3. The number of anilines is 2. The summed E-state index contributed by atoms with van der Waals surface area (Å²) >= 11 is 0.